The van der Waals surface area contributed by atoms with Crippen molar-refractivity contribution in [3.05, 3.63) is 11.4 Å². The molecule has 0 aromatic carbocycles. The second kappa shape index (κ2) is 3.98. The lowest BCUT2D eigenvalue weighted by molar-refractivity contribution is -0.138. The molecule has 0 unspecified atom stereocenters. The van der Waals surface area contributed by atoms with Crippen LogP contribution in [0.25, 0.3) is 0 Å². The summed E-state index contributed by atoms with van der Waals surface area (Å²) in [5.41, 5.74) is 1.66. The molecule has 0 spiro atoms. The average Bonchev–Trinajstić information content (AvgIpc) is 2.87. The molecule has 1 aliphatic carbocycles. The zero-order chi connectivity index (χ0) is 10.8. The highest BCUT2D eigenvalue weighted by Crippen LogP contribution is 2.40. The number of likely N-dealkylation sites (N-methyl/N-ethyl adjacent to an activating group) is 1. The minimum absolute atomic E-state index is 0.00301. The molecule has 1 fully saturated rings. The first kappa shape index (κ1) is 10.1. The first-order valence-corrected chi connectivity index (χ1v) is 4.88. The molecular formula is C9H13N3O3. The van der Waals surface area contributed by atoms with Crippen molar-refractivity contribution in [3.63, 3.8) is 0 Å². The summed E-state index contributed by atoms with van der Waals surface area (Å²) in [6.07, 6.45) is 2.26. The van der Waals surface area contributed by atoms with E-state index in [4.69, 9.17) is 5.11 Å². The van der Waals surface area contributed by atoms with Gasteiger partial charge in [-0.15, -0.1) is 0 Å². The summed E-state index contributed by atoms with van der Waals surface area (Å²) in [5.74, 6) is -0.369. The Balaban J connectivity index is 1.97. The monoisotopic (exact) mass is 211 g/mol. The number of carboxylic acids is 1. The number of aliphatic carboxylic acids is 1. The van der Waals surface area contributed by atoms with Gasteiger partial charge in [0, 0.05) is 12.5 Å². The molecule has 6 heteroatoms. The van der Waals surface area contributed by atoms with E-state index >= 15 is 0 Å². The molecule has 1 saturated carbocycles. The van der Waals surface area contributed by atoms with Gasteiger partial charge >= 0.3 is 5.97 Å². The SMILES string of the molecule is CN(CC(=O)O)Cc1nonc1C1CC1. The van der Waals surface area contributed by atoms with Crippen molar-refractivity contribution in [2.45, 2.75) is 25.3 Å². The number of hydrogen-bond donors (Lipinski definition) is 1. The maximum absolute atomic E-state index is 10.5. The van der Waals surface area contributed by atoms with Gasteiger partial charge in [-0.2, -0.15) is 0 Å². The minimum atomic E-state index is -0.845. The summed E-state index contributed by atoms with van der Waals surface area (Å²) in [5, 5.41) is 16.3. The van der Waals surface area contributed by atoms with Crippen LogP contribution >= 0.6 is 0 Å². The summed E-state index contributed by atoms with van der Waals surface area (Å²) < 4.78 is 4.68. The molecule has 2 rings (SSSR count). The number of carbonyl (C=O) groups is 1. The van der Waals surface area contributed by atoms with Crippen molar-refractivity contribution in [3.8, 4) is 0 Å². The van der Waals surface area contributed by atoms with Gasteiger partial charge in [0.2, 0.25) is 0 Å². The quantitative estimate of drug-likeness (QED) is 0.762. The Kier molecular flexibility index (Phi) is 2.68. The van der Waals surface area contributed by atoms with Gasteiger partial charge in [-0.25, -0.2) is 4.63 Å². The molecule has 0 saturated heterocycles. The second-order valence-corrected chi connectivity index (χ2v) is 3.94. The van der Waals surface area contributed by atoms with Gasteiger partial charge in [0.25, 0.3) is 0 Å². The van der Waals surface area contributed by atoms with Crippen molar-refractivity contribution in [2.75, 3.05) is 13.6 Å². The highest BCUT2D eigenvalue weighted by Gasteiger charge is 2.30. The van der Waals surface area contributed by atoms with Gasteiger partial charge in [0.15, 0.2) is 0 Å². The number of aromatic nitrogens is 2. The Morgan fingerprint density at radius 3 is 2.93 bits per heavy atom. The van der Waals surface area contributed by atoms with E-state index in [1.165, 1.54) is 0 Å². The van der Waals surface area contributed by atoms with Crippen LogP contribution in [0.3, 0.4) is 0 Å². The van der Waals surface area contributed by atoms with Crippen LogP contribution in [0.1, 0.15) is 30.1 Å². The summed E-state index contributed by atoms with van der Waals surface area (Å²) in [6.45, 7) is 0.471. The summed E-state index contributed by atoms with van der Waals surface area (Å²) in [7, 11) is 1.74. The van der Waals surface area contributed by atoms with E-state index < -0.39 is 5.97 Å². The predicted octanol–water partition coefficient (Wildman–Crippen LogP) is 0.463. The maximum Gasteiger partial charge on any atom is 0.317 e. The molecule has 0 aliphatic heterocycles. The van der Waals surface area contributed by atoms with Crippen LogP contribution in [0.4, 0.5) is 0 Å². The topological polar surface area (TPSA) is 79.5 Å². The molecule has 82 valence electrons. The summed E-state index contributed by atoms with van der Waals surface area (Å²) in [6, 6.07) is 0. The standard InChI is InChI=1S/C9H13N3O3/c1-12(5-8(13)14)4-7-9(6-2-3-6)11-15-10-7/h6H,2-5H2,1H3,(H,13,14). The lowest BCUT2D eigenvalue weighted by Gasteiger charge is -2.11. The molecular weight excluding hydrogens is 198 g/mol. The van der Waals surface area contributed by atoms with Crippen LogP contribution in [0.5, 0.6) is 0 Å². The molecule has 6 nitrogen and oxygen atoms in total. The average molecular weight is 211 g/mol. The predicted molar refractivity (Wildman–Crippen MR) is 50.2 cm³/mol. The van der Waals surface area contributed by atoms with E-state index in [-0.39, 0.29) is 6.54 Å². The number of nitrogens with zero attached hydrogens (tertiary/aromatic N) is 3. The van der Waals surface area contributed by atoms with Gasteiger partial charge in [-0.1, -0.05) is 10.3 Å². The van der Waals surface area contributed by atoms with Crippen molar-refractivity contribution in [1.82, 2.24) is 15.2 Å². The summed E-state index contributed by atoms with van der Waals surface area (Å²) >= 11 is 0. The van der Waals surface area contributed by atoms with Crippen molar-refractivity contribution in [2.24, 2.45) is 0 Å². The van der Waals surface area contributed by atoms with Crippen molar-refractivity contribution >= 4 is 5.97 Å². The zero-order valence-corrected chi connectivity index (χ0v) is 8.51. The zero-order valence-electron chi connectivity index (χ0n) is 8.51. The molecule has 1 N–H and O–H groups in total. The van der Waals surface area contributed by atoms with Crippen LogP contribution in [0, 0.1) is 0 Å². The first-order chi connectivity index (χ1) is 7.16. The lowest BCUT2D eigenvalue weighted by Crippen LogP contribution is -2.25. The van der Waals surface area contributed by atoms with Crippen LogP contribution in [-0.4, -0.2) is 39.9 Å². The smallest absolute Gasteiger partial charge is 0.317 e. The Bertz CT molecular complexity index is 359. The fourth-order valence-electron chi connectivity index (χ4n) is 1.53. The molecule has 0 atom stereocenters. The normalized spacial score (nSPS) is 15.9. The first-order valence-electron chi connectivity index (χ1n) is 4.88. The Morgan fingerprint density at radius 2 is 2.33 bits per heavy atom. The van der Waals surface area contributed by atoms with E-state index in [2.05, 4.69) is 14.9 Å². The molecule has 15 heavy (non-hydrogen) atoms. The third-order valence-electron chi connectivity index (χ3n) is 2.37. The fourth-order valence-corrected chi connectivity index (χ4v) is 1.53. The molecule has 0 bridgehead atoms. The Labute approximate surface area is 86.8 Å². The fraction of sp³-hybridized carbons (Fsp3) is 0.667. The molecule has 1 aliphatic rings. The second-order valence-electron chi connectivity index (χ2n) is 3.94. The third kappa shape index (κ3) is 2.53. The van der Waals surface area contributed by atoms with Gasteiger partial charge in [0.1, 0.15) is 11.4 Å². The highest BCUT2D eigenvalue weighted by molar-refractivity contribution is 5.69. The van der Waals surface area contributed by atoms with Crippen LogP contribution < -0.4 is 0 Å². The third-order valence-corrected chi connectivity index (χ3v) is 2.37. The maximum atomic E-state index is 10.5. The molecule has 1 aromatic heterocycles. The van der Waals surface area contributed by atoms with E-state index in [9.17, 15) is 4.79 Å². The van der Waals surface area contributed by atoms with Gasteiger partial charge in [0.05, 0.1) is 6.54 Å². The van der Waals surface area contributed by atoms with Crippen LogP contribution in [0.15, 0.2) is 4.63 Å². The van der Waals surface area contributed by atoms with E-state index in [0.29, 0.717) is 12.5 Å². The van der Waals surface area contributed by atoms with Crippen LogP contribution in [-0.2, 0) is 11.3 Å². The van der Waals surface area contributed by atoms with E-state index in [0.717, 1.165) is 24.2 Å². The van der Waals surface area contributed by atoms with Crippen molar-refractivity contribution < 1.29 is 14.5 Å². The molecule has 1 aromatic rings. The molecule has 1 heterocycles. The minimum Gasteiger partial charge on any atom is -0.480 e. The molecule has 0 radical (unpaired) electrons. The molecule has 0 amide bonds. The highest BCUT2D eigenvalue weighted by atomic mass is 16.6. The van der Waals surface area contributed by atoms with Gasteiger partial charge in [-0.05, 0) is 19.9 Å². The van der Waals surface area contributed by atoms with Crippen molar-refractivity contribution in [1.29, 1.82) is 0 Å². The number of rotatable bonds is 5. The Hall–Kier alpha value is -1.43. The van der Waals surface area contributed by atoms with E-state index in [1.807, 2.05) is 0 Å². The summed E-state index contributed by atoms with van der Waals surface area (Å²) in [4.78, 5) is 12.1. The van der Waals surface area contributed by atoms with Gasteiger partial charge in [-0.3, -0.25) is 9.69 Å². The largest absolute Gasteiger partial charge is 0.480 e. The van der Waals surface area contributed by atoms with Crippen LogP contribution in [0.2, 0.25) is 0 Å². The number of carboxylic acid groups (broad SMARTS) is 1. The van der Waals surface area contributed by atoms with Gasteiger partial charge < -0.3 is 5.11 Å². The number of hydrogen-bond acceptors (Lipinski definition) is 5. The lowest BCUT2D eigenvalue weighted by atomic mass is 10.2. The van der Waals surface area contributed by atoms with E-state index in [1.54, 1.807) is 11.9 Å². The Morgan fingerprint density at radius 1 is 1.60 bits per heavy atom.